The minimum absolute atomic E-state index is 0.760. The fourth-order valence-electron chi connectivity index (χ4n) is 1.96. The van der Waals surface area contributed by atoms with Crippen LogP contribution < -0.4 is 0 Å². The van der Waals surface area contributed by atoms with Crippen molar-refractivity contribution in [1.82, 2.24) is 0 Å². The SMILES string of the molecule is C=CC(CCC)CCC1=C(CC)C1. The molecule has 1 atom stereocenters. The first kappa shape index (κ1) is 10.6. The predicted molar refractivity (Wildman–Crippen MR) is 59.8 cm³/mol. The molecule has 0 saturated heterocycles. The third-order valence-electron chi connectivity index (χ3n) is 3.04. The maximum atomic E-state index is 3.90. The zero-order valence-electron chi connectivity index (χ0n) is 9.10. The van der Waals surface area contributed by atoms with E-state index in [4.69, 9.17) is 0 Å². The average Bonchev–Trinajstić information content (AvgIpc) is 2.91. The van der Waals surface area contributed by atoms with Crippen molar-refractivity contribution in [2.45, 2.75) is 52.4 Å². The van der Waals surface area contributed by atoms with Gasteiger partial charge in [-0.3, -0.25) is 0 Å². The van der Waals surface area contributed by atoms with Crippen molar-refractivity contribution in [1.29, 1.82) is 0 Å². The monoisotopic (exact) mass is 178 g/mol. The van der Waals surface area contributed by atoms with E-state index in [0.717, 1.165) is 5.92 Å². The van der Waals surface area contributed by atoms with Crippen LogP contribution in [-0.4, -0.2) is 0 Å². The Morgan fingerprint density at radius 2 is 2.08 bits per heavy atom. The highest BCUT2D eigenvalue weighted by Gasteiger charge is 2.19. The van der Waals surface area contributed by atoms with E-state index in [2.05, 4.69) is 26.5 Å². The fourth-order valence-corrected chi connectivity index (χ4v) is 1.96. The summed E-state index contributed by atoms with van der Waals surface area (Å²) in [6, 6.07) is 0. The summed E-state index contributed by atoms with van der Waals surface area (Å²) in [5.41, 5.74) is 3.46. The minimum Gasteiger partial charge on any atom is -0.103 e. The van der Waals surface area contributed by atoms with Gasteiger partial charge in [0.05, 0.1) is 0 Å². The van der Waals surface area contributed by atoms with Crippen molar-refractivity contribution < 1.29 is 0 Å². The normalized spacial score (nSPS) is 17.4. The summed E-state index contributed by atoms with van der Waals surface area (Å²) in [7, 11) is 0. The summed E-state index contributed by atoms with van der Waals surface area (Å²) in [4.78, 5) is 0. The molecule has 0 amide bonds. The van der Waals surface area contributed by atoms with Gasteiger partial charge in [-0.25, -0.2) is 0 Å². The van der Waals surface area contributed by atoms with Crippen LogP contribution in [-0.2, 0) is 0 Å². The van der Waals surface area contributed by atoms with Gasteiger partial charge in [-0.2, -0.15) is 0 Å². The molecule has 0 radical (unpaired) electrons. The molecule has 0 fully saturated rings. The summed E-state index contributed by atoms with van der Waals surface area (Å²) in [6.45, 7) is 8.42. The second kappa shape index (κ2) is 5.26. The highest BCUT2D eigenvalue weighted by molar-refractivity contribution is 5.34. The Morgan fingerprint density at radius 3 is 2.54 bits per heavy atom. The fraction of sp³-hybridized carbons (Fsp3) is 0.692. The molecule has 0 heterocycles. The molecule has 74 valence electrons. The van der Waals surface area contributed by atoms with Crippen LogP contribution in [0, 0.1) is 5.92 Å². The highest BCUT2D eigenvalue weighted by atomic mass is 14.2. The summed E-state index contributed by atoms with van der Waals surface area (Å²) >= 11 is 0. The van der Waals surface area contributed by atoms with E-state index < -0.39 is 0 Å². The van der Waals surface area contributed by atoms with Crippen LogP contribution in [0.2, 0.25) is 0 Å². The Bertz CT molecular complexity index is 198. The van der Waals surface area contributed by atoms with Gasteiger partial charge in [0.15, 0.2) is 0 Å². The van der Waals surface area contributed by atoms with Crippen molar-refractivity contribution in [3.8, 4) is 0 Å². The third kappa shape index (κ3) is 3.38. The molecule has 0 aromatic rings. The minimum atomic E-state index is 0.760. The summed E-state index contributed by atoms with van der Waals surface area (Å²) in [6.07, 6.45) is 10.0. The largest absolute Gasteiger partial charge is 0.103 e. The second-order valence-electron chi connectivity index (χ2n) is 4.06. The topological polar surface area (TPSA) is 0 Å². The van der Waals surface area contributed by atoms with Crippen LogP contribution in [0.25, 0.3) is 0 Å². The van der Waals surface area contributed by atoms with E-state index in [1.807, 2.05) is 0 Å². The van der Waals surface area contributed by atoms with E-state index in [1.165, 1.54) is 38.5 Å². The number of hydrogen-bond acceptors (Lipinski definition) is 0. The van der Waals surface area contributed by atoms with E-state index in [9.17, 15) is 0 Å². The molecule has 0 aromatic carbocycles. The molecule has 0 spiro atoms. The van der Waals surface area contributed by atoms with Gasteiger partial charge in [-0.1, -0.05) is 37.5 Å². The van der Waals surface area contributed by atoms with Gasteiger partial charge in [0.25, 0.3) is 0 Å². The standard InChI is InChI=1S/C13H22/c1-4-7-11(5-2)8-9-13-10-12(13)6-3/h5,11H,2,4,6-10H2,1,3H3. The molecule has 1 aliphatic rings. The summed E-state index contributed by atoms with van der Waals surface area (Å²) in [5.74, 6) is 0.760. The van der Waals surface area contributed by atoms with E-state index in [-0.39, 0.29) is 0 Å². The Balaban J connectivity index is 2.17. The molecule has 0 nitrogen and oxygen atoms in total. The molecule has 1 rings (SSSR count). The lowest BCUT2D eigenvalue weighted by Gasteiger charge is -2.08. The van der Waals surface area contributed by atoms with Gasteiger partial charge in [0.1, 0.15) is 0 Å². The first-order chi connectivity index (χ1) is 6.31. The Hall–Kier alpha value is -0.520. The summed E-state index contributed by atoms with van der Waals surface area (Å²) in [5, 5.41) is 0. The van der Waals surface area contributed by atoms with E-state index in [1.54, 1.807) is 11.1 Å². The van der Waals surface area contributed by atoms with Crippen LogP contribution in [0.3, 0.4) is 0 Å². The molecule has 0 N–H and O–H groups in total. The molecule has 0 aromatic heterocycles. The van der Waals surface area contributed by atoms with Crippen LogP contribution in [0.15, 0.2) is 23.8 Å². The van der Waals surface area contributed by atoms with Gasteiger partial charge >= 0.3 is 0 Å². The molecule has 1 unspecified atom stereocenters. The zero-order valence-corrected chi connectivity index (χ0v) is 9.10. The van der Waals surface area contributed by atoms with Gasteiger partial charge in [0, 0.05) is 0 Å². The third-order valence-corrected chi connectivity index (χ3v) is 3.04. The Labute approximate surface area is 82.7 Å². The number of hydrogen-bond donors (Lipinski definition) is 0. The molecular formula is C13H22. The molecule has 0 saturated carbocycles. The molecule has 0 aliphatic heterocycles. The molecular weight excluding hydrogens is 156 g/mol. The highest BCUT2D eigenvalue weighted by Crippen LogP contribution is 2.38. The van der Waals surface area contributed by atoms with Crippen molar-refractivity contribution >= 4 is 0 Å². The lowest BCUT2D eigenvalue weighted by Crippen LogP contribution is -1.94. The first-order valence-electron chi connectivity index (χ1n) is 5.64. The van der Waals surface area contributed by atoms with Gasteiger partial charge < -0.3 is 0 Å². The summed E-state index contributed by atoms with van der Waals surface area (Å²) < 4.78 is 0. The maximum absolute atomic E-state index is 3.90. The van der Waals surface area contributed by atoms with Gasteiger partial charge in [0.2, 0.25) is 0 Å². The first-order valence-corrected chi connectivity index (χ1v) is 5.64. The van der Waals surface area contributed by atoms with E-state index in [0.29, 0.717) is 0 Å². The van der Waals surface area contributed by atoms with Crippen molar-refractivity contribution in [2.24, 2.45) is 5.92 Å². The lowest BCUT2D eigenvalue weighted by molar-refractivity contribution is 0.539. The Morgan fingerprint density at radius 1 is 1.31 bits per heavy atom. The lowest BCUT2D eigenvalue weighted by atomic mass is 9.97. The van der Waals surface area contributed by atoms with Gasteiger partial charge in [-0.05, 0) is 38.0 Å². The van der Waals surface area contributed by atoms with Crippen LogP contribution in [0.1, 0.15) is 52.4 Å². The molecule has 1 aliphatic carbocycles. The molecule has 13 heavy (non-hydrogen) atoms. The van der Waals surface area contributed by atoms with Crippen LogP contribution in [0.5, 0.6) is 0 Å². The predicted octanol–water partition coefficient (Wildman–Crippen LogP) is 4.48. The van der Waals surface area contributed by atoms with Gasteiger partial charge in [-0.15, -0.1) is 6.58 Å². The maximum Gasteiger partial charge on any atom is -0.0103 e. The average molecular weight is 178 g/mol. The molecule has 0 bridgehead atoms. The van der Waals surface area contributed by atoms with Crippen LogP contribution >= 0.6 is 0 Å². The smallest absolute Gasteiger partial charge is 0.0103 e. The van der Waals surface area contributed by atoms with Crippen molar-refractivity contribution in [3.05, 3.63) is 23.8 Å². The second-order valence-corrected chi connectivity index (χ2v) is 4.06. The van der Waals surface area contributed by atoms with Crippen LogP contribution in [0.4, 0.5) is 0 Å². The van der Waals surface area contributed by atoms with Crippen molar-refractivity contribution in [3.63, 3.8) is 0 Å². The Kier molecular flexibility index (Phi) is 4.27. The number of rotatable bonds is 7. The zero-order chi connectivity index (χ0) is 9.68. The van der Waals surface area contributed by atoms with Crippen molar-refractivity contribution in [2.75, 3.05) is 0 Å². The quantitative estimate of drug-likeness (QED) is 0.504. The molecule has 0 heteroatoms. The number of allylic oxidation sites excluding steroid dienone is 3. The van der Waals surface area contributed by atoms with E-state index >= 15 is 0 Å².